The lowest BCUT2D eigenvalue weighted by atomic mass is 10.2. The van der Waals surface area contributed by atoms with Crippen molar-refractivity contribution in [3.05, 3.63) is 40.7 Å². The summed E-state index contributed by atoms with van der Waals surface area (Å²) in [6, 6.07) is 8.01. The summed E-state index contributed by atoms with van der Waals surface area (Å²) < 4.78 is 0. The van der Waals surface area contributed by atoms with Crippen LogP contribution in [0.1, 0.15) is 0 Å². The predicted molar refractivity (Wildman–Crippen MR) is 46.2 cm³/mol. The standard InChI is InChI=1S/C9H7NO2/c11-8-3-1-2-7-6(8)4-5-9(12)10-7/h1-5,11H,(H,10,12). The van der Waals surface area contributed by atoms with Crippen LogP contribution in [0.5, 0.6) is 5.75 Å². The molecule has 1 aromatic heterocycles. The summed E-state index contributed by atoms with van der Waals surface area (Å²) in [5.74, 6) is 0.184. The lowest BCUT2D eigenvalue weighted by molar-refractivity contribution is 0.481. The number of hydrogen-bond donors (Lipinski definition) is 2. The van der Waals surface area contributed by atoms with Gasteiger partial charge < -0.3 is 10.1 Å². The van der Waals surface area contributed by atoms with Gasteiger partial charge in [0.15, 0.2) is 0 Å². The molecule has 0 saturated carbocycles. The number of rotatable bonds is 0. The SMILES string of the molecule is O=c1ccc2c(O)cccc2[nH]1. The van der Waals surface area contributed by atoms with E-state index in [0.717, 1.165) is 0 Å². The van der Waals surface area contributed by atoms with Crippen molar-refractivity contribution in [1.82, 2.24) is 4.98 Å². The van der Waals surface area contributed by atoms with E-state index in [1.165, 1.54) is 6.07 Å². The molecule has 1 heterocycles. The highest BCUT2D eigenvalue weighted by Crippen LogP contribution is 2.20. The number of aromatic amines is 1. The zero-order chi connectivity index (χ0) is 8.55. The number of aromatic hydroxyl groups is 1. The summed E-state index contributed by atoms with van der Waals surface area (Å²) in [7, 11) is 0. The van der Waals surface area contributed by atoms with Crippen molar-refractivity contribution < 1.29 is 5.11 Å². The summed E-state index contributed by atoms with van der Waals surface area (Å²) in [5, 5.41) is 10.0. The molecule has 2 N–H and O–H groups in total. The molecule has 0 amide bonds. The first kappa shape index (κ1) is 6.91. The van der Waals surface area contributed by atoms with E-state index in [1.54, 1.807) is 24.3 Å². The van der Waals surface area contributed by atoms with Crippen LogP contribution in [0.4, 0.5) is 0 Å². The Labute approximate surface area is 68.3 Å². The van der Waals surface area contributed by atoms with Crippen LogP contribution < -0.4 is 5.56 Å². The molecule has 2 aromatic rings. The van der Waals surface area contributed by atoms with Crippen LogP contribution in [0.25, 0.3) is 10.9 Å². The molecule has 3 nitrogen and oxygen atoms in total. The Balaban J connectivity index is 2.96. The van der Waals surface area contributed by atoms with Gasteiger partial charge in [0.2, 0.25) is 5.56 Å². The van der Waals surface area contributed by atoms with Crippen LogP contribution in [-0.4, -0.2) is 10.1 Å². The predicted octanol–water partition coefficient (Wildman–Crippen LogP) is 1.23. The molecule has 1 aromatic carbocycles. The topological polar surface area (TPSA) is 53.1 Å². The summed E-state index contributed by atoms with van der Waals surface area (Å²) >= 11 is 0. The maximum absolute atomic E-state index is 10.9. The van der Waals surface area contributed by atoms with Crippen LogP contribution in [0.2, 0.25) is 0 Å². The number of H-pyrrole nitrogens is 1. The molecule has 3 heteroatoms. The van der Waals surface area contributed by atoms with E-state index in [4.69, 9.17) is 0 Å². The number of nitrogens with one attached hydrogen (secondary N) is 1. The number of pyridine rings is 1. The summed E-state index contributed by atoms with van der Waals surface area (Å²) in [4.78, 5) is 13.5. The molecule has 0 radical (unpaired) electrons. The minimum Gasteiger partial charge on any atom is -0.507 e. The first-order valence-corrected chi connectivity index (χ1v) is 3.58. The average molecular weight is 161 g/mol. The van der Waals surface area contributed by atoms with E-state index >= 15 is 0 Å². The van der Waals surface area contributed by atoms with E-state index in [1.807, 2.05) is 0 Å². The quantitative estimate of drug-likeness (QED) is 0.610. The third-order valence-electron chi connectivity index (χ3n) is 1.74. The summed E-state index contributed by atoms with van der Waals surface area (Å²) in [5.41, 5.74) is 0.496. The van der Waals surface area contributed by atoms with Gasteiger partial charge in [0.1, 0.15) is 5.75 Å². The van der Waals surface area contributed by atoms with Gasteiger partial charge in [0, 0.05) is 11.5 Å². The van der Waals surface area contributed by atoms with Gasteiger partial charge in [0.25, 0.3) is 0 Å². The molecule has 0 bridgehead atoms. The van der Waals surface area contributed by atoms with Crippen LogP contribution >= 0.6 is 0 Å². The number of benzene rings is 1. The number of phenolic OH excluding ortho intramolecular Hbond substituents is 1. The molecule has 0 fully saturated rings. The lowest BCUT2D eigenvalue weighted by Crippen LogP contribution is -2.01. The Bertz CT molecular complexity index is 473. The molecule has 0 saturated heterocycles. The Morgan fingerprint density at radius 2 is 2.00 bits per heavy atom. The third kappa shape index (κ3) is 0.955. The van der Waals surface area contributed by atoms with Crippen molar-refractivity contribution in [2.75, 3.05) is 0 Å². The van der Waals surface area contributed by atoms with Gasteiger partial charge in [-0.1, -0.05) is 6.07 Å². The largest absolute Gasteiger partial charge is 0.507 e. The Morgan fingerprint density at radius 3 is 2.83 bits per heavy atom. The van der Waals surface area contributed by atoms with Crippen LogP contribution in [0.15, 0.2) is 35.1 Å². The maximum Gasteiger partial charge on any atom is 0.248 e. The highest BCUT2D eigenvalue weighted by Gasteiger charge is 1.97. The van der Waals surface area contributed by atoms with Gasteiger partial charge in [-0.05, 0) is 18.2 Å². The van der Waals surface area contributed by atoms with Gasteiger partial charge in [-0.25, -0.2) is 0 Å². The molecule has 0 aliphatic carbocycles. The van der Waals surface area contributed by atoms with Gasteiger partial charge >= 0.3 is 0 Å². The molecule has 0 aliphatic rings. The first-order valence-electron chi connectivity index (χ1n) is 3.58. The molecule has 0 unspecified atom stereocenters. The smallest absolute Gasteiger partial charge is 0.248 e. The highest BCUT2D eigenvalue weighted by molar-refractivity contribution is 5.84. The van der Waals surface area contributed by atoms with Gasteiger partial charge in [-0.2, -0.15) is 0 Å². The van der Waals surface area contributed by atoms with Gasteiger partial charge in [-0.3, -0.25) is 4.79 Å². The zero-order valence-corrected chi connectivity index (χ0v) is 6.24. The molecule has 60 valence electrons. The van der Waals surface area contributed by atoms with E-state index in [2.05, 4.69) is 4.98 Å². The normalized spacial score (nSPS) is 10.3. The van der Waals surface area contributed by atoms with E-state index in [-0.39, 0.29) is 11.3 Å². The van der Waals surface area contributed by atoms with Crippen molar-refractivity contribution in [3.8, 4) is 5.75 Å². The molecular weight excluding hydrogens is 154 g/mol. The highest BCUT2D eigenvalue weighted by atomic mass is 16.3. The first-order chi connectivity index (χ1) is 5.77. The molecule has 0 spiro atoms. The molecule has 0 atom stereocenters. The lowest BCUT2D eigenvalue weighted by Gasteiger charge is -1.97. The van der Waals surface area contributed by atoms with Crippen LogP contribution in [0, 0.1) is 0 Å². The van der Waals surface area contributed by atoms with Crippen molar-refractivity contribution in [3.63, 3.8) is 0 Å². The second-order valence-electron chi connectivity index (χ2n) is 2.56. The van der Waals surface area contributed by atoms with E-state index < -0.39 is 0 Å². The molecule has 2 rings (SSSR count). The average Bonchev–Trinajstić information content (AvgIpc) is 2.04. The second-order valence-corrected chi connectivity index (χ2v) is 2.56. The number of fused-ring (bicyclic) bond motifs is 1. The zero-order valence-electron chi connectivity index (χ0n) is 6.24. The van der Waals surface area contributed by atoms with Gasteiger partial charge in [0.05, 0.1) is 5.52 Å². The van der Waals surface area contributed by atoms with Crippen LogP contribution in [0.3, 0.4) is 0 Å². The van der Waals surface area contributed by atoms with Crippen molar-refractivity contribution >= 4 is 10.9 Å². The third-order valence-corrected chi connectivity index (χ3v) is 1.74. The summed E-state index contributed by atoms with van der Waals surface area (Å²) in [6.07, 6.45) is 0. The van der Waals surface area contributed by atoms with Crippen molar-refractivity contribution in [1.29, 1.82) is 0 Å². The van der Waals surface area contributed by atoms with E-state index in [0.29, 0.717) is 10.9 Å². The van der Waals surface area contributed by atoms with Crippen LogP contribution in [-0.2, 0) is 0 Å². The monoisotopic (exact) mass is 161 g/mol. The fraction of sp³-hybridized carbons (Fsp3) is 0. The number of phenols is 1. The Kier molecular flexibility index (Phi) is 1.37. The van der Waals surface area contributed by atoms with Crippen molar-refractivity contribution in [2.24, 2.45) is 0 Å². The second kappa shape index (κ2) is 2.37. The van der Waals surface area contributed by atoms with Crippen molar-refractivity contribution in [2.45, 2.75) is 0 Å². The molecule has 0 aliphatic heterocycles. The molecule has 12 heavy (non-hydrogen) atoms. The Morgan fingerprint density at radius 1 is 1.17 bits per heavy atom. The summed E-state index contributed by atoms with van der Waals surface area (Å²) in [6.45, 7) is 0. The fourth-order valence-corrected chi connectivity index (χ4v) is 1.17. The Hall–Kier alpha value is -1.77. The van der Waals surface area contributed by atoms with E-state index in [9.17, 15) is 9.90 Å². The minimum absolute atomic E-state index is 0.159. The fourth-order valence-electron chi connectivity index (χ4n) is 1.17. The number of aromatic nitrogens is 1. The maximum atomic E-state index is 10.9. The molecular formula is C9H7NO2. The minimum atomic E-state index is -0.159. The number of hydrogen-bond acceptors (Lipinski definition) is 2. The van der Waals surface area contributed by atoms with Gasteiger partial charge in [-0.15, -0.1) is 0 Å².